The minimum absolute atomic E-state index is 0.0212. The number of aliphatic hydroxyl groups is 1. The quantitative estimate of drug-likeness (QED) is 0.924. The molecular weight excluding hydrogens is 264 g/mol. The van der Waals surface area contributed by atoms with Crippen LogP contribution in [-0.4, -0.2) is 40.1 Å². The van der Waals surface area contributed by atoms with Crippen LogP contribution < -0.4 is 0 Å². The van der Waals surface area contributed by atoms with Gasteiger partial charge in [-0.05, 0) is 18.6 Å². The maximum atomic E-state index is 12.0. The summed E-state index contributed by atoms with van der Waals surface area (Å²) in [5.41, 5.74) is 0.753. The smallest absolute Gasteiger partial charge is 0.228 e. The van der Waals surface area contributed by atoms with E-state index in [4.69, 9.17) is 4.42 Å². The zero-order valence-electron chi connectivity index (χ0n) is 10.3. The highest BCUT2D eigenvalue weighted by atomic mass is 32.1. The molecule has 0 saturated carbocycles. The largest absolute Gasteiger partial charge is 0.462 e. The monoisotopic (exact) mass is 278 g/mol. The Kier molecular flexibility index (Phi) is 3.35. The summed E-state index contributed by atoms with van der Waals surface area (Å²) in [4.78, 5) is 18.1. The molecule has 0 bridgehead atoms. The van der Waals surface area contributed by atoms with E-state index in [0.29, 0.717) is 19.5 Å². The molecule has 3 rings (SSSR count). The van der Waals surface area contributed by atoms with Crippen molar-refractivity contribution in [1.29, 1.82) is 0 Å². The molecule has 0 spiro atoms. The number of carbonyl (C=O) groups excluding carboxylic acids is 1. The van der Waals surface area contributed by atoms with Crippen molar-refractivity contribution in [2.75, 3.05) is 13.1 Å². The van der Waals surface area contributed by atoms with E-state index in [-0.39, 0.29) is 18.4 Å². The maximum absolute atomic E-state index is 12.0. The van der Waals surface area contributed by atoms with Crippen LogP contribution in [0.1, 0.15) is 12.1 Å². The summed E-state index contributed by atoms with van der Waals surface area (Å²) in [5, 5.41) is 12.1. The molecule has 0 aromatic carbocycles. The average molecular weight is 278 g/mol. The molecule has 6 heteroatoms. The van der Waals surface area contributed by atoms with Crippen LogP contribution in [0.15, 0.2) is 28.2 Å². The first-order valence-corrected chi connectivity index (χ1v) is 7.04. The average Bonchev–Trinajstić information content (AvgIpc) is 3.07. The number of nitrogens with zero attached hydrogens (tertiary/aromatic N) is 2. The van der Waals surface area contributed by atoms with E-state index >= 15 is 0 Å². The van der Waals surface area contributed by atoms with Crippen molar-refractivity contribution < 1.29 is 14.3 Å². The number of rotatable bonds is 3. The first-order valence-electron chi connectivity index (χ1n) is 6.16. The number of β-amino-alcohol motifs (C(OH)–C–C–N with tert-alkyl or cyclic N) is 1. The van der Waals surface area contributed by atoms with Gasteiger partial charge in [0.1, 0.15) is 0 Å². The van der Waals surface area contributed by atoms with Crippen molar-refractivity contribution in [3.8, 4) is 10.8 Å². The molecule has 2 aromatic heterocycles. The molecule has 3 heterocycles. The zero-order chi connectivity index (χ0) is 13.2. The molecule has 1 aliphatic rings. The third-order valence-electron chi connectivity index (χ3n) is 3.13. The molecule has 1 aliphatic heterocycles. The van der Waals surface area contributed by atoms with Crippen molar-refractivity contribution in [2.24, 2.45) is 0 Å². The number of furan rings is 1. The highest BCUT2D eigenvalue weighted by molar-refractivity contribution is 7.13. The maximum Gasteiger partial charge on any atom is 0.228 e. The minimum atomic E-state index is -0.377. The first kappa shape index (κ1) is 12.4. The number of hydrogen-bond acceptors (Lipinski definition) is 5. The van der Waals surface area contributed by atoms with Crippen LogP contribution in [0.3, 0.4) is 0 Å². The molecule has 1 fully saturated rings. The third-order valence-corrected chi connectivity index (χ3v) is 4.04. The normalized spacial score (nSPS) is 19.0. The molecule has 1 atom stereocenters. The van der Waals surface area contributed by atoms with Crippen molar-refractivity contribution in [3.05, 3.63) is 29.5 Å². The molecule has 5 nitrogen and oxygen atoms in total. The lowest BCUT2D eigenvalue weighted by Gasteiger charge is -2.14. The fraction of sp³-hybridized carbons (Fsp3) is 0.385. The second-order valence-corrected chi connectivity index (χ2v) is 5.44. The van der Waals surface area contributed by atoms with E-state index in [1.54, 1.807) is 11.2 Å². The molecule has 100 valence electrons. The Morgan fingerprint density at radius 3 is 3.21 bits per heavy atom. The van der Waals surface area contributed by atoms with E-state index in [9.17, 15) is 9.90 Å². The van der Waals surface area contributed by atoms with E-state index < -0.39 is 0 Å². The summed E-state index contributed by atoms with van der Waals surface area (Å²) in [6.07, 6.45) is 2.18. The highest BCUT2D eigenvalue weighted by Gasteiger charge is 2.25. The molecule has 2 aromatic rings. The number of likely N-dealkylation sites (tertiary alicyclic amines) is 1. The van der Waals surface area contributed by atoms with E-state index in [2.05, 4.69) is 4.98 Å². The van der Waals surface area contributed by atoms with E-state index in [0.717, 1.165) is 16.5 Å². The van der Waals surface area contributed by atoms with Gasteiger partial charge in [-0.15, -0.1) is 11.3 Å². The predicted octanol–water partition coefficient (Wildman–Crippen LogP) is 1.54. The zero-order valence-corrected chi connectivity index (χ0v) is 11.1. The summed E-state index contributed by atoms with van der Waals surface area (Å²) in [7, 11) is 0. The Balaban J connectivity index is 1.66. The van der Waals surface area contributed by atoms with Crippen LogP contribution in [-0.2, 0) is 11.2 Å². The number of amides is 1. The van der Waals surface area contributed by atoms with Crippen LogP contribution >= 0.6 is 11.3 Å². The van der Waals surface area contributed by atoms with Gasteiger partial charge in [-0.1, -0.05) is 0 Å². The molecule has 0 radical (unpaired) electrons. The SMILES string of the molecule is O=C(Cc1csc(-c2ccco2)n1)N1CCC(O)C1. The van der Waals surface area contributed by atoms with Gasteiger partial charge >= 0.3 is 0 Å². The van der Waals surface area contributed by atoms with Crippen molar-refractivity contribution in [1.82, 2.24) is 9.88 Å². The van der Waals surface area contributed by atoms with Crippen LogP contribution in [0.2, 0.25) is 0 Å². The second-order valence-electron chi connectivity index (χ2n) is 4.58. The second kappa shape index (κ2) is 5.14. The topological polar surface area (TPSA) is 66.6 Å². The highest BCUT2D eigenvalue weighted by Crippen LogP contribution is 2.24. The summed E-state index contributed by atoms with van der Waals surface area (Å²) in [5.74, 6) is 0.744. The molecular formula is C13H14N2O3S. The molecule has 1 N–H and O–H groups in total. The van der Waals surface area contributed by atoms with Crippen LogP contribution in [0, 0.1) is 0 Å². The Morgan fingerprint density at radius 2 is 2.53 bits per heavy atom. The Labute approximate surface area is 114 Å². The number of thiazole rings is 1. The van der Waals surface area contributed by atoms with Gasteiger partial charge in [0, 0.05) is 18.5 Å². The van der Waals surface area contributed by atoms with Gasteiger partial charge in [0.25, 0.3) is 0 Å². The number of carbonyl (C=O) groups is 1. The van der Waals surface area contributed by atoms with Gasteiger partial charge in [0.15, 0.2) is 10.8 Å². The summed E-state index contributed by atoms with van der Waals surface area (Å²) in [6, 6.07) is 3.66. The van der Waals surface area contributed by atoms with Gasteiger partial charge < -0.3 is 14.4 Å². The van der Waals surface area contributed by atoms with E-state index in [1.807, 2.05) is 17.5 Å². The van der Waals surface area contributed by atoms with Crippen LogP contribution in [0.25, 0.3) is 10.8 Å². The Bertz CT molecular complexity index is 564. The number of hydrogen-bond donors (Lipinski definition) is 1. The van der Waals surface area contributed by atoms with Gasteiger partial charge in [-0.2, -0.15) is 0 Å². The van der Waals surface area contributed by atoms with Gasteiger partial charge in [-0.3, -0.25) is 4.79 Å². The lowest BCUT2D eigenvalue weighted by atomic mass is 10.3. The van der Waals surface area contributed by atoms with Crippen molar-refractivity contribution in [2.45, 2.75) is 18.9 Å². The van der Waals surface area contributed by atoms with Gasteiger partial charge in [0.2, 0.25) is 5.91 Å². The van der Waals surface area contributed by atoms with Gasteiger partial charge in [0.05, 0.1) is 24.5 Å². The molecule has 0 aliphatic carbocycles. The molecule has 1 amide bonds. The van der Waals surface area contributed by atoms with Crippen molar-refractivity contribution >= 4 is 17.2 Å². The number of aliphatic hydroxyl groups excluding tert-OH is 1. The molecule has 1 saturated heterocycles. The fourth-order valence-electron chi connectivity index (χ4n) is 2.14. The van der Waals surface area contributed by atoms with Crippen LogP contribution in [0.5, 0.6) is 0 Å². The first-order chi connectivity index (χ1) is 9.22. The predicted molar refractivity (Wildman–Crippen MR) is 70.7 cm³/mol. The molecule has 19 heavy (non-hydrogen) atoms. The Hall–Kier alpha value is -1.66. The lowest BCUT2D eigenvalue weighted by Crippen LogP contribution is -2.30. The van der Waals surface area contributed by atoms with Crippen molar-refractivity contribution in [3.63, 3.8) is 0 Å². The Morgan fingerprint density at radius 1 is 1.63 bits per heavy atom. The van der Waals surface area contributed by atoms with Gasteiger partial charge in [-0.25, -0.2) is 4.98 Å². The number of aromatic nitrogens is 1. The van der Waals surface area contributed by atoms with E-state index in [1.165, 1.54) is 11.3 Å². The third kappa shape index (κ3) is 2.69. The van der Waals surface area contributed by atoms with Crippen LogP contribution in [0.4, 0.5) is 0 Å². The fourth-order valence-corrected chi connectivity index (χ4v) is 2.92. The standard InChI is InChI=1S/C13H14N2O3S/c16-10-3-4-15(7-10)12(17)6-9-8-19-13(14-9)11-2-1-5-18-11/h1-2,5,8,10,16H,3-4,6-7H2. The minimum Gasteiger partial charge on any atom is -0.462 e. The summed E-state index contributed by atoms with van der Waals surface area (Å²) < 4.78 is 5.27. The summed E-state index contributed by atoms with van der Waals surface area (Å²) >= 11 is 1.47. The molecule has 1 unspecified atom stereocenters. The lowest BCUT2D eigenvalue weighted by molar-refractivity contribution is -0.129. The summed E-state index contributed by atoms with van der Waals surface area (Å²) in [6.45, 7) is 1.07.